The van der Waals surface area contributed by atoms with Crippen LogP contribution in [0.2, 0.25) is 0 Å². The van der Waals surface area contributed by atoms with Crippen LogP contribution in [0.5, 0.6) is 0 Å². The molecule has 1 saturated heterocycles. The molecule has 1 fully saturated rings. The van der Waals surface area contributed by atoms with Gasteiger partial charge in [-0.05, 0) is 64.2 Å². The van der Waals surface area contributed by atoms with Gasteiger partial charge in [-0.2, -0.15) is 0 Å². The largest absolute Gasteiger partial charge is 0.357 e. The van der Waals surface area contributed by atoms with Gasteiger partial charge in [-0.15, -0.1) is 0 Å². The van der Waals surface area contributed by atoms with Gasteiger partial charge in [0.15, 0.2) is 5.96 Å². The predicted molar refractivity (Wildman–Crippen MR) is 108 cm³/mol. The van der Waals surface area contributed by atoms with E-state index in [-0.39, 0.29) is 11.4 Å². The molecule has 2 N–H and O–H groups in total. The maximum absolute atomic E-state index is 12.4. The van der Waals surface area contributed by atoms with Crippen LogP contribution in [-0.2, 0) is 6.54 Å². The van der Waals surface area contributed by atoms with Crippen LogP contribution in [0.15, 0.2) is 29.3 Å². The fraction of sp³-hybridized carbons (Fsp3) is 0.619. The SMILES string of the molecule is CCNC(=NCc1cccc(C(=O)NC(C)(C)C)c1)N1CCCC(C)C1. The van der Waals surface area contributed by atoms with E-state index in [4.69, 9.17) is 4.99 Å². The van der Waals surface area contributed by atoms with Crippen LogP contribution in [0.25, 0.3) is 0 Å². The molecule has 1 unspecified atom stereocenters. The fourth-order valence-electron chi connectivity index (χ4n) is 3.20. The Morgan fingerprint density at radius 1 is 1.35 bits per heavy atom. The summed E-state index contributed by atoms with van der Waals surface area (Å²) in [6.07, 6.45) is 2.51. The van der Waals surface area contributed by atoms with Crippen molar-refractivity contribution in [2.75, 3.05) is 19.6 Å². The molecule has 1 amide bonds. The highest BCUT2D eigenvalue weighted by Crippen LogP contribution is 2.16. The van der Waals surface area contributed by atoms with E-state index in [2.05, 4.69) is 29.4 Å². The van der Waals surface area contributed by atoms with E-state index in [0.29, 0.717) is 18.0 Å². The topological polar surface area (TPSA) is 56.7 Å². The lowest BCUT2D eigenvalue weighted by atomic mass is 10.0. The number of nitrogens with one attached hydrogen (secondary N) is 2. The highest BCUT2D eigenvalue weighted by atomic mass is 16.1. The molecule has 5 nitrogen and oxygen atoms in total. The van der Waals surface area contributed by atoms with E-state index in [1.165, 1.54) is 12.8 Å². The first-order chi connectivity index (χ1) is 12.3. The first-order valence-electron chi connectivity index (χ1n) is 9.73. The molecule has 0 spiro atoms. The van der Waals surface area contributed by atoms with Gasteiger partial charge in [0.05, 0.1) is 6.54 Å². The average molecular weight is 359 g/mol. The normalized spacial score (nSPS) is 18.6. The molecule has 2 rings (SSSR count). The fourth-order valence-corrected chi connectivity index (χ4v) is 3.20. The molecular formula is C21H34N4O. The third-order valence-electron chi connectivity index (χ3n) is 4.38. The monoisotopic (exact) mass is 358 g/mol. The van der Waals surface area contributed by atoms with Crippen LogP contribution in [0.3, 0.4) is 0 Å². The van der Waals surface area contributed by atoms with Gasteiger partial charge in [-0.25, -0.2) is 4.99 Å². The van der Waals surface area contributed by atoms with E-state index in [0.717, 1.165) is 31.2 Å². The van der Waals surface area contributed by atoms with Gasteiger partial charge < -0.3 is 15.5 Å². The number of nitrogens with zero attached hydrogens (tertiary/aromatic N) is 2. The van der Waals surface area contributed by atoms with Crippen LogP contribution in [-0.4, -0.2) is 41.9 Å². The van der Waals surface area contributed by atoms with E-state index >= 15 is 0 Å². The van der Waals surface area contributed by atoms with Gasteiger partial charge in [-0.1, -0.05) is 19.1 Å². The van der Waals surface area contributed by atoms with E-state index in [1.807, 2.05) is 45.0 Å². The summed E-state index contributed by atoms with van der Waals surface area (Å²) in [4.78, 5) is 19.5. The second-order valence-corrected chi connectivity index (χ2v) is 8.27. The third kappa shape index (κ3) is 6.36. The molecule has 1 aliphatic rings. The minimum Gasteiger partial charge on any atom is -0.357 e. The van der Waals surface area contributed by atoms with Gasteiger partial charge in [-0.3, -0.25) is 4.79 Å². The number of hydrogen-bond acceptors (Lipinski definition) is 2. The molecule has 5 heteroatoms. The summed E-state index contributed by atoms with van der Waals surface area (Å²) < 4.78 is 0. The molecule has 0 saturated carbocycles. The standard InChI is InChI=1S/C21H34N4O/c1-6-22-20(25-12-8-9-16(2)15-25)23-14-17-10-7-11-18(13-17)19(26)24-21(3,4)5/h7,10-11,13,16H,6,8-9,12,14-15H2,1-5H3,(H,22,23)(H,24,26). The van der Waals surface area contributed by atoms with Gasteiger partial charge in [0.1, 0.15) is 0 Å². The Morgan fingerprint density at radius 3 is 2.77 bits per heavy atom. The highest BCUT2D eigenvalue weighted by molar-refractivity contribution is 5.94. The number of carbonyl (C=O) groups excluding carboxylic acids is 1. The molecule has 1 aliphatic heterocycles. The van der Waals surface area contributed by atoms with Crippen molar-refractivity contribution in [2.24, 2.45) is 10.9 Å². The first kappa shape index (κ1) is 20.3. The average Bonchev–Trinajstić information content (AvgIpc) is 2.57. The van der Waals surface area contributed by atoms with Crippen LogP contribution in [0, 0.1) is 5.92 Å². The molecule has 0 aromatic heterocycles. The minimum absolute atomic E-state index is 0.0416. The maximum Gasteiger partial charge on any atom is 0.251 e. The number of piperidine rings is 1. The summed E-state index contributed by atoms with van der Waals surface area (Å²) in [5.41, 5.74) is 1.49. The lowest BCUT2D eigenvalue weighted by Gasteiger charge is -2.33. The second kappa shape index (κ2) is 9.06. The molecule has 0 radical (unpaired) electrons. The van der Waals surface area contributed by atoms with Gasteiger partial charge >= 0.3 is 0 Å². The molecule has 0 bridgehead atoms. The van der Waals surface area contributed by atoms with Crippen molar-refractivity contribution in [3.8, 4) is 0 Å². The molecular weight excluding hydrogens is 324 g/mol. The number of amides is 1. The Hall–Kier alpha value is -2.04. The zero-order valence-electron chi connectivity index (χ0n) is 16.9. The van der Waals surface area contributed by atoms with Crippen molar-refractivity contribution < 1.29 is 4.79 Å². The Balaban J connectivity index is 2.09. The van der Waals surface area contributed by atoms with Crippen molar-refractivity contribution in [3.05, 3.63) is 35.4 Å². The zero-order chi connectivity index (χ0) is 19.2. The van der Waals surface area contributed by atoms with Crippen LogP contribution >= 0.6 is 0 Å². The summed E-state index contributed by atoms with van der Waals surface area (Å²) >= 11 is 0. The number of likely N-dealkylation sites (tertiary alicyclic amines) is 1. The lowest BCUT2D eigenvalue weighted by Crippen LogP contribution is -2.46. The van der Waals surface area contributed by atoms with Gasteiger partial charge in [0.2, 0.25) is 0 Å². The van der Waals surface area contributed by atoms with E-state index in [1.54, 1.807) is 0 Å². The summed E-state index contributed by atoms with van der Waals surface area (Å²) in [5, 5.41) is 6.42. The summed E-state index contributed by atoms with van der Waals surface area (Å²) in [7, 11) is 0. The van der Waals surface area contributed by atoms with Crippen molar-refractivity contribution in [3.63, 3.8) is 0 Å². The summed E-state index contributed by atoms with van der Waals surface area (Å²) in [6.45, 7) is 13.9. The van der Waals surface area contributed by atoms with Crippen molar-refractivity contribution in [1.82, 2.24) is 15.5 Å². The number of hydrogen-bond donors (Lipinski definition) is 2. The third-order valence-corrected chi connectivity index (χ3v) is 4.38. The van der Waals surface area contributed by atoms with E-state index in [9.17, 15) is 4.79 Å². The Bertz CT molecular complexity index is 633. The number of aliphatic imine (C=N–C) groups is 1. The van der Waals surface area contributed by atoms with Crippen LogP contribution in [0.4, 0.5) is 0 Å². The lowest BCUT2D eigenvalue weighted by molar-refractivity contribution is 0.0919. The number of carbonyl (C=O) groups is 1. The molecule has 1 heterocycles. The summed E-state index contributed by atoms with van der Waals surface area (Å²) in [6, 6.07) is 7.75. The zero-order valence-corrected chi connectivity index (χ0v) is 16.9. The van der Waals surface area contributed by atoms with E-state index < -0.39 is 0 Å². The molecule has 144 valence electrons. The molecule has 26 heavy (non-hydrogen) atoms. The highest BCUT2D eigenvalue weighted by Gasteiger charge is 2.19. The van der Waals surface area contributed by atoms with Crippen LogP contribution < -0.4 is 10.6 Å². The van der Waals surface area contributed by atoms with Gasteiger partial charge in [0.25, 0.3) is 5.91 Å². The van der Waals surface area contributed by atoms with Crippen molar-refractivity contribution >= 4 is 11.9 Å². The maximum atomic E-state index is 12.4. The van der Waals surface area contributed by atoms with Crippen molar-refractivity contribution in [2.45, 2.75) is 59.5 Å². The number of benzene rings is 1. The van der Waals surface area contributed by atoms with Gasteiger partial charge in [0, 0.05) is 30.7 Å². The predicted octanol–water partition coefficient (Wildman–Crippen LogP) is 3.41. The molecule has 0 aliphatic carbocycles. The molecule has 1 aromatic rings. The van der Waals surface area contributed by atoms with Crippen LogP contribution in [0.1, 0.15) is 63.4 Å². The first-order valence-corrected chi connectivity index (χ1v) is 9.73. The second-order valence-electron chi connectivity index (χ2n) is 8.27. The summed E-state index contributed by atoms with van der Waals surface area (Å²) in [5.74, 6) is 1.64. The minimum atomic E-state index is -0.242. The molecule has 1 atom stereocenters. The number of guanidine groups is 1. The Kier molecular flexibility index (Phi) is 7.06. The number of rotatable bonds is 4. The quantitative estimate of drug-likeness (QED) is 0.640. The molecule has 1 aromatic carbocycles. The Labute approximate surface area is 158 Å². The Morgan fingerprint density at radius 2 is 2.12 bits per heavy atom. The smallest absolute Gasteiger partial charge is 0.251 e. The van der Waals surface area contributed by atoms with Crippen molar-refractivity contribution in [1.29, 1.82) is 0 Å².